The quantitative estimate of drug-likeness (QED) is 0.175. The van der Waals surface area contributed by atoms with Gasteiger partial charge in [0.15, 0.2) is 17.5 Å². The highest BCUT2D eigenvalue weighted by atomic mass is 15.0. The Balaban J connectivity index is 1.14. The van der Waals surface area contributed by atoms with E-state index in [0.29, 0.717) is 17.5 Å². The topological polar surface area (TPSA) is 48.5 Å². The SMILES string of the molecule is c1ccc(-c2nc(-c3ccccc3)nc(-c3ccc(-n4c5ccc6c7c8c(cccc8n6-c6ccccc6)c6ccccc6c6cc8ccccc8c4c6c75)cc3)n2)cc1. The van der Waals surface area contributed by atoms with Crippen molar-refractivity contribution in [2.45, 2.75) is 0 Å². The van der Waals surface area contributed by atoms with E-state index in [0.717, 1.165) is 28.1 Å². The highest BCUT2D eigenvalue weighted by molar-refractivity contribution is 6.41. The van der Waals surface area contributed by atoms with E-state index in [1.807, 2.05) is 60.7 Å². The van der Waals surface area contributed by atoms with Gasteiger partial charge >= 0.3 is 0 Å². The molecule has 60 heavy (non-hydrogen) atoms. The van der Waals surface area contributed by atoms with Gasteiger partial charge in [-0.25, -0.2) is 15.0 Å². The molecule has 0 aliphatic carbocycles. The largest absolute Gasteiger partial charge is 0.309 e. The van der Waals surface area contributed by atoms with E-state index in [1.165, 1.54) is 75.9 Å². The van der Waals surface area contributed by atoms with E-state index in [2.05, 4.69) is 149 Å². The Kier molecular flexibility index (Phi) is 6.95. The fourth-order valence-corrected chi connectivity index (χ4v) is 9.72. The number of hydrogen-bond acceptors (Lipinski definition) is 3. The third-order valence-electron chi connectivity index (χ3n) is 12.3. The molecule has 0 spiro atoms. The van der Waals surface area contributed by atoms with Crippen LogP contribution in [0.4, 0.5) is 0 Å². The molecular weight excluding hydrogens is 731 g/mol. The predicted molar refractivity (Wildman–Crippen MR) is 249 cm³/mol. The summed E-state index contributed by atoms with van der Waals surface area (Å²) in [4.78, 5) is 15.0. The lowest BCUT2D eigenvalue weighted by atomic mass is 9.93. The van der Waals surface area contributed by atoms with E-state index >= 15 is 0 Å². The van der Waals surface area contributed by atoms with Crippen molar-refractivity contribution < 1.29 is 0 Å². The molecular formula is C55H33N5. The summed E-state index contributed by atoms with van der Waals surface area (Å²) < 4.78 is 4.93. The van der Waals surface area contributed by atoms with Gasteiger partial charge in [-0.15, -0.1) is 0 Å². The van der Waals surface area contributed by atoms with Crippen LogP contribution in [0.15, 0.2) is 200 Å². The molecule has 0 unspecified atom stereocenters. The van der Waals surface area contributed by atoms with Gasteiger partial charge in [-0.3, -0.25) is 0 Å². The Morgan fingerprint density at radius 2 is 0.750 bits per heavy atom. The summed E-state index contributed by atoms with van der Waals surface area (Å²) >= 11 is 0. The van der Waals surface area contributed by atoms with Crippen LogP contribution in [0.1, 0.15) is 0 Å². The van der Waals surface area contributed by atoms with Crippen LogP contribution in [0.5, 0.6) is 0 Å². The molecule has 0 radical (unpaired) electrons. The normalized spacial score (nSPS) is 12.0. The smallest absolute Gasteiger partial charge is 0.164 e. The van der Waals surface area contributed by atoms with E-state index in [-0.39, 0.29) is 0 Å². The van der Waals surface area contributed by atoms with Crippen molar-refractivity contribution in [3.8, 4) is 45.5 Å². The summed E-state index contributed by atoms with van der Waals surface area (Å²) in [6.45, 7) is 0. The van der Waals surface area contributed by atoms with E-state index in [9.17, 15) is 0 Å². The van der Waals surface area contributed by atoms with Gasteiger partial charge in [0.2, 0.25) is 0 Å². The summed E-state index contributed by atoms with van der Waals surface area (Å²) in [6.07, 6.45) is 0. The van der Waals surface area contributed by atoms with Gasteiger partial charge in [0, 0.05) is 55.0 Å². The fraction of sp³-hybridized carbons (Fsp3) is 0. The molecule has 0 aliphatic rings. The van der Waals surface area contributed by atoms with E-state index in [1.54, 1.807) is 0 Å². The second kappa shape index (κ2) is 12.7. The van der Waals surface area contributed by atoms with Crippen molar-refractivity contribution in [3.05, 3.63) is 200 Å². The monoisotopic (exact) mass is 763 g/mol. The third-order valence-corrected chi connectivity index (χ3v) is 12.3. The first-order valence-corrected chi connectivity index (χ1v) is 20.4. The first-order valence-electron chi connectivity index (χ1n) is 20.4. The van der Waals surface area contributed by atoms with Crippen molar-refractivity contribution in [2.75, 3.05) is 0 Å². The summed E-state index contributed by atoms with van der Waals surface area (Å²) in [5.41, 5.74) is 9.81. The van der Waals surface area contributed by atoms with E-state index in [4.69, 9.17) is 15.0 Å². The lowest BCUT2D eigenvalue weighted by molar-refractivity contribution is 1.07. The summed E-state index contributed by atoms with van der Waals surface area (Å²) in [5, 5.41) is 12.5. The van der Waals surface area contributed by atoms with Crippen molar-refractivity contribution in [3.63, 3.8) is 0 Å². The Hall–Kier alpha value is -8.15. The van der Waals surface area contributed by atoms with Crippen molar-refractivity contribution in [1.29, 1.82) is 0 Å². The second-order valence-corrected chi connectivity index (χ2v) is 15.6. The van der Waals surface area contributed by atoms with Crippen LogP contribution in [-0.2, 0) is 0 Å². The minimum absolute atomic E-state index is 0.634. The van der Waals surface area contributed by atoms with Gasteiger partial charge in [0.25, 0.3) is 0 Å². The van der Waals surface area contributed by atoms with Crippen LogP contribution in [-0.4, -0.2) is 24.1 Å². The van der Waals surface area contributed by atoms with Crippen LogP contribution in [0, 0.1) is 0 Å². The number of fused-ring (bicyclic) bond motifs is 5. The minimum atomic E-state index is 0.634. The number of nitrogens with zero attached hydrogens (tertiary/aromatic N) is 5. The maximum absolute atomic E-state index is 5.04. The molecule has 0 amide bonds. The fourth-order valence-electron chi connectivity index (χ4n) is 9.72. The Labute approximate surface area is 344 Å². The molecule has 13 rings (SSSR count). The number of para-hydroxylation sites is 1. The molecule has 0 fully saturated rings. The van der Waals surface area contributed by atoms with Crippen molar-refractivity contribution in [1.82, 2.24) is 24.1 Å². The Morgan fingerprint density at radius 3 is 1.40 bits per heavy atom. The minimum Gasteiger partial charge on any atom is -0.309 e. The zero-order valence-corrected chi connectivity index (χ0v) is 32.3. The van der Waals surface area contributed by atoms with Gasteiger partial charge in [-0.1, -0.05) is 140 Å². The van der Waals surface area contributed by atoms with Crippen LogP contribution in [0.3, 0.4) is 0 Å². The van der Waals surface area contributed by atoms with Gasteiger partial charge in [-0.05, 0) is 87.6 Å². The third kappa shape index (κ3) is 4.71. The number of benzene rings is 9. The van der Waals surface area contributed by atoms with Crippen molar-refractivity contribution >= 4 is 75.9 Å². The molecule has 13 aromatic rings. The summed E-state index contributed by atoms with van der Waals surface area (Å²) in [7, 11) is 0. The molecule has 5 nitrogen and oxygen atoms in total. The average Bonchev–Trinajstić information content (AvgIpc) is 3.85. The zero-order chi connectivity index (χ0) is 39.3. The van der Waals surface area contributed by atoms with Gasteiger partial charge < -0.3 is 9.13 Å². The number of rotatable bonds is 5. The number of hydrogen-bond donors (Lipinski definition) is 0. The molecule has 0 atom stereocenters. The van der Waals surface area contributed by atoms with Crippen LogP contribution < -0.4 is 0 Å². The summed E-state index contributed by atoms with van der Waals surface area (Å²) in [5.74, 6) is 1.93. The molecule has 0 saturated heterocycles. The lowest BCUT2D eigenvalue weighted by Crippen LogP contribution is -2.00. The molecule has 0 N–H and O–H groups in total. The lowest BCUT2D eigenvalue weighted by Gasteiger charge is -2.12. The average molecular weight is 764 g/mol. The zero-order valence-electron chi connectivity index (χ0n) is 32.3. The highest BCUT2D eigenvalue weighted by Gasteiger charge is 2.25. The molecule has 5 heteroatoms. The van der Waals surface area contributed by atoms with E-state index < -0.39 is 0 Å². The maximum Gasteiger partial charge on any atom is 0.164 e. The Bertz CT molecular complexity index is 3740. The van der Waals surface area contributed by atoms with Gasteiger partial charge in [0.1, 0.15) is 0 Å². The first-order chi connectivity index (χ1) is 29.8. The van der Waals surface area contributed by atoms with Crippen LogP contribution >= 0.6 is 0 Å². The van der Waals surface area contributed by atoms with Crippen LogP contribution in [0.2, 0.25) is 0 Å². The molecule has 10 aromatic carbocycles. The van der Waals surface area contributed by atoms with Crippen LogP contribution in [0.25, 0.3) is 121 Å². The maximum atomic E-state index is 5.04. The molecule has 3 heterocycles. The molecule has 3 aromatic heterocycles. The summed E-state index contributed by atoms with van der Waals surface area (Å²) in [6, 6.07) is 71.5. The van der Waals surface area contributed by atoms with Gasteiger partial charge in [-0.2, -0.15) is 0 Å². The molecule has 278 valence electrons. The number of aromatic nitrogens is 5. The van der Waals surface area contributed by atoms with Crippen molar-refractivity contribution in [2.24, 2.45) is 0 Å². The highest BCUT2D eigenvalue weighted by Crippen LogP contribution is 2.49. The standard InChI is InChI=1S/C55H33N5/c1-4-15-34(16-5-1)53-56-54(35-17-6-2-7-18-35)58-55(57-53)36-27-29-39(30-28-36)60-47-32-31-46-50-48-43(25-14-26-45(48)59(46)38-20-8-3-9-21-38)41-23-12-13-24-42(41)44-33-37-19-10-11-22-40(37)52(60)49(44)51(47)50/h1-33H. The molecule has 0 aliphatic heterocycles. The molecule has 0 bridgehead atoms. The second-order valence-electron chi connectivity index (χ2n) is 15.6. The predicted octanol–water partition coefficient (Wildman–Crippen LogP) is 14.0. The molecule has 0 saturated carbocycles. The Morgan fingerprint density at radius 1 is 0.283 bits per heavy atom. The first kappa shape index (κ1) is 32.9. The van der Waals surface area contributed by atoms with Gasteiger partial charge in [0.05, 0.1) is 22.1 Å².